The van der Waals surface area contributed by atoms with Crippen molar-refractivity contribution in [3.05, 3.63) is 103 Å². The molecule has 218 valence electrons. The van der Waals surface area contributed by atoms with Crippen LogP contribution in [0.4, 0.5) is 5.69 Å². The summed E-state index contributed by atoms with van der Waals surface area (Å²) in [7, 11) is -1.85. The summed E-state index contributed by atoms with van der Waals surface area (Å²) in [5.41, 5.74) is 2.92. The van der Waals surface area contributed by atoms with E-state index in [1.807, 2.05) is 75.0 Å². The number of anilines is 1. The van der Waals surface area contributed by atoms with E-state index >= 15 is 0 Å². The molecule has 0 unspecified atom stereocenters. The van der Waals surface area contributed by atoms with Crippen LogP contribution in [-0.2, 0) is 31.6 Å². The van der Waals surface area contributed by atoms with Gasteiger partial charge in [-0.05, 0) is 69.2 Å². The Labute approximate surface area is 261 Å². The van der Waals surface area contributed by atoms with Crippen molar-refractivity contribution in [2.45, 2.75) is 44.6 Å². The van der Waals surface area contributed by atoms with Gasteiger partial charge >= 0.3 is 0 Å². The highest BCUT2D eigenvalue weighted by Crippen LogP contribution is 2.32. The van der Waals surface area contributed by atoms with Gasteiger partial charge in [-0.25, -0.2) is 0 Å². The van der Waals surface area contributed by atoms with Crippen LogP contribution in [0.1, 0.15) is 34.8 Å². The summed E-state index contributed by atoms with van der Waals surface area (Å²) >= 11 is 0. The second-order valence-corrected chi connectivity index (χ2v) is 11.1. The van der Waals surface area contributed by atoms with Gasteiger partial charge in [0, 0.05) is 33.0 Å². The van der Waals surface area contributed by atoms with Gasteiger partial charge in [-0.3, -0.25) is 19.4 Å². The van der Waals surface area contributed by atoms with Crippen molar-refractivity contribution in [2.75, 3.05) is 5.32 Å². The summed E-state index contributed by atoms with van der Waals surface area (Å²) in [6, 6.07) is 18.1. The number of amides is 1. The van der Waals surface area contributed by atoms with Crippen LogP contribution in [-0.4, -0.2) is 25.7 Å². The van der Waals surface area contributed by atoms with Gasteiger partial charge in [-0.15, -0.1) is 24.0 Å². The van der Waals surface area contributed by atoms with Gasteiger partial charge in [0.15, 0.2) is 0 Å². The molecule has 0 spiro atoms. The van der Waals surface area contributed by atoms with Crippen LogP contribution in [0.3, 0.4) is 0 Å². The van der Waals surface area contributed by atoms with Crippen LogP contribution in [0.25, 0.3) is 10.9 Å². The zero-order valence-electron chi connectivity index (χ0n) is 23.2. The number of halogens is 1. The molecule has 5 rings (SSSR count). The van der Waals surface area contributed by atoms with Crippen LogP contribution in [0.15, 0.2) is 96.5 Å². The average molecular weight is 688 g/mol. The number of nitrogens with zero attached hydrogens (tertiary/aromatic N) is 4. The number of carbonyl (C=O) groups is 1. The summed E-state index contributed by atoms with van der Waals surface area (Å²) < 4.78 is 27.0. The maximum absolute atomic E-state index is 12.5. The molecule has 3 aromatic heterocycles. The molecule has 5 aromatic rings. The second kappa shape index (κ2) is 14.2. The van der Waals surface area contributed by atoms with Crippen molar-refractivity contribution in [1.82, 2.24) is 19.7 Å². The molecular weight excluding hydrogens is 651 g/mol. The first-order chi connectivity index (χ1) is 19.1. The molecule has 9 nitrogen and oxygen atoms in total. The number of aryl methyl sites for hydroxylation is 1. The fraction of sp³-hybridized carbons (Fsp3) is 0.200. The third kappa shape index (κ3) is 8.82. The molecule has 0 aliphatic rings. The van der Waals surface area contributed by atoms with Crippen LogP contribution >= 0.6 is 24.0 Å². The Hall–Kier alpha value is -3.84. The number of hydrogen-bond donors (Lipinski definition) is 2. The van der Waals surface area contributed by atoms with Gasteiger partial charge in [0.1, 0.15) is 11.5 Å². The Morgan fingerprint density at radius 3 is 2.39 bits per heavy atom. The van der Waals surface area contributed by atoms with Gasteiger partial charge < -0.3 is 19.0 Å². The maximum Gasteiger partial charge on any atom is 0.228 e. The topological polar surface area (TPSA) is 123 Å². The van der Waals surface area contributed by atoms with E-state index in [-0.39, 0.29) is 44.7 Å². The SMILES string of the molecule is Cc1cc(CC(=O)Nc2cnn(C(C)(C)C)c2)ccc1Oc1ccnc2ccc([S-](=N)=O)cc12.I.[HH].[HH].c1ccncc1. The van der Waals surface area contributed by atoms with Gasteiger partial charge in [-0.1, -0.05) is 35.2 Å². The first-order valence-corrected chi connectivity index (χ1v) is 13.7. The first-order valence-electron chi connectivity index (χ1n) is 12.6. The number of fused-ring (bicyclic) bond motifs is 1. The predicted molar refractivity (Wildman–Crippen MR) is 175 cm³/mol. The predicted octanol–water partition coefficient (Wildman–Crippen LogP) is 7.74. The summed E-state index contributed by atoms with van der Waals surface area (Å²) in [4.78, 5) is 21.0. The standard InChI is InChI=1S/C25H26N5O3S.C5H5N.HI.2H2/c1-16-11-17(12-24(31)29-18-14-28-30(15-18)25(2,3)4)5-8-22(16)33-23-9-10-27-21-7-6-19(34(26)32)13-20(21)23;1-2-4-6-5-3-1;;;/h5-11,13-15,26H,12H2,1-4H3,(H,29,31);1-5H;3*1H/q-1;;;;. The molecule has 0 saturated heterocycles. The smallest absolute Gasteiger partial charge is 0.228 e. The molecule has 1 amide bonds. The minimum absolute atomic E-state index is 0. The molecule has 0 bridgehead atoms. The van der Waals surface area contributed by atoms with E-state index in [4.69, 9.17) is 9.52 Å². The van der Waals surface area contributed by atoms with Crippen molar-refractivity contribution in [2.24, 2.45) is 0 Å². The van der Waals surface area contributed by atoms with Crippen LogP contribution < -0.4 is 10.1 Å². The summed E-state index contributed by atoms with van der Waals surface area (Å²) in [6.45, 7) is 8.05. The molecule has 11 heteroatoms. The lowest BCUT2D eigenvalue weighted by atomic mass is 10.1. The average Bonchev–Trinajstić information content (AvgIpc) is 3.40. The highest BCUT2D eigenvalue weighted by molar-refractivity contribution is 14.0. The lowest BCUT2D eigenvalue weighted by Gasteiger charge is -2.18. The third-order valence-electron chi connectivity index (χ3n) is 5.83. The van der Waals surface area contributed by atoms with Crippen LogP contribution in [0.5, 0.6) is 11.5 Å². The Kier molecular flexibility index (Phi) is 11.0. The van der Waals surface area contributed by atoms with E-state index in [9.17, 15) is 9.00 Å². The van der Waals surface area contributed by atoms with E-state index in [0.29, 0.717) is 33.0 Å². The van der Waals surface area contributed by atoms with Crippen molar-refractivity contribution >= 4 is 57.1 Å². The van der Waals surface area contributed by atoms with Crippen molar-refractivity contribution < 1.29 is 16.6 Å². The fourth-order valence-electron chi connectivity index (χ4n) is 3.82. The molecule has 2 aromatic carbocycles. The largest absolute Gasteiger partial charge is 0.456 e. The Bertz CT molecular complexity index is 1680. The number of ether oxygens (including phenoxy) is 1. The van der Waals surface area contributed by atoms with E-state index in [1.165, 1.54) is 0 Å². The molecule has 0 aliphatic carbocycles. The number of benzene rings is 2. The van der Waals surface area contributed by atoms with Gasteiger partial charge in [0.25, 0.3) is 0 Å². The number of rotatable bonds is 6. The summed E-state index contributed by atoms with van der Waals surface area (Å²) in [5, 5.41) is 7.87. The minimum atomic E-state index is -1.85. The van der Waals surface area contributed by atoms with Crippen LogP contribution in [0, 0.1) is 11.7 Å². The van der Waals surface area contributed by atoms with Gasteiger partial charge in [0.2, 0.25) is 5.91 Å². The lowest BCUT2D eigenvalue weighted by Crippen LogP contribution is -2.22. The van der Waals surface area contributed by atoms with Crippen molar-refractivity contribution in [1.29, 1.82) is 4.78 Å². The fourth-order valence-corrected chi connectivity index (χ4v) is 4.23. The third-order valence-corrected chi connectivity index (χ3v) is 6.51. The first kappa shape index (κ1) is 31.7. The normalized spacial score (nSPS) is 10.9. The zero-order chi connectivity index (χ0) is 28.7. The number of pyridine rings is 2. The van der Waals surface area contributed by atoms with E-state index in [2.05, 4.69) is 20.4 Å². The number of nitrogens with one attached hydrogen (secondary N) is 2. The molecule has 0 saturated carbocycles. The molecule has 41 heavy (non-hydrogen) atoms. The van der Waals surface area contributed by atoms with Crippen LogP contribution in [0.2, 0.25) is 0 Å². The second-order valence-electron chi connectivity index (χ2n) is 10.1. The quantitative estimate of drug-likeness (QED) is 0.139. The number of carbonyl (C=O) groups excluding carboxylic acids is 1. The highest BCUT2D eigenvalue weighted by Gasteiger charge is 2.15. The molecule has 0 atom stereocenters. The van der Waals surface area contributed by atoms with Crippen molar-refractivity contribution in [3.8, 4) is 11.5 Å². The Morgan fingerprint density at radius 1 is 1.05 bits per heavy atom. The Morgan fingerprint density at radius 2 is 1.80 bits per heavy atom. The molecule has 0 aliphatic heterocycles. The molecule has 3 heterocycles. The molecule has 0 fully saturated rings. The maximum atomic E-state index is 12.5. The molecule has 0 radical (unpaired) electrons. The zero-order valence-corrected chi connectivity index (χ0v) is 26.3. The summed E-state index contributed by atoms with van der Waals surface area (Å²) in [6.07, 6.45) is 8.83. The van der Waals surface area contributed by atoms with Crippen molar-refractivity contribution in [3.63, 3.8) is 0 Å². The van der Waals surface area contributed by atoms with E-state index in [0.717, 1.165) is 11.1 Å². The molecular formula is C30H36IN6O3S-. The Balaban J connectivity index is 0.000000919. The highest BCUT2D eigenvalue weighted by atomic mass is 127. The number of hydrogen-bond acceptors (Lipinski definition) is 8. The monoisotopic (exact) mass is 687 g/mol. The van der Waals surface area contributed by atoms with E-state index in [1.54, 1.807) is 49.1 Å². The number of aromatic nitrogens is 4. The minimum Gasteiger partial charge on any atom is -0.456 e. The molecule has 2 N–H and O–H groups in total. The lowest BCUT2D eigenvalue weighted by molar-refractivity contribution is -0.115. The van der Waals surface area contributed by atoms with Gasteiger partial charge in [-0.2, -0.15) is 15.7 Å². The van der Waals surface area contributed by atoms with Gasteiger partial charge in [0.05, 0.1) is 29.4 Å². The summed E-state index contributed by atoms with van der Waals surface area (Å²) in [5.74, 6) is 1.07. The van der Waals surface area contributed by atoms with E-state index < -0.39 is 10.6 Å².